The number of methoxy groups -OCH3 is 1. The van der Waals surface area contributed by atoms with Gasteiger partial charge in [-0.05, 0) is 60.7 Å². The summed E-state index contributed by atoms with van der Waals surface area (Å²) in [6.07, 6.45) is -0.214. The smallest absolute Gasteiger partial charge is 0.337 e. The Hall–Kier alpha value is -3.50. The Morgan fingerprint density at radius 2 is 1.58 bits per heavy atom. The van der Waals surface area contributed by atoms with Crippen LogP contribution in [0.2, 0.25) is 0 Å². The molecular formula is C29H27NO3. The molecule has 33 heavy (non-hydrogen) atoms. The number of esters is 1. The Labute approximate surface area is 194 Å². The molecular weight excluding hydrogens is 410 g/mol. The molecule has 1 aliphatic heterocycles. The van der Waals surface area contributed by atoms with E-state index in [9.17, 15) is 4.79 Å². The van der Waals surface area contributed by atoms with Gasteiger partial charge in [0.25, 0.3) is 0 Å². The van der Waals surface area contributed by atoms with Crippen LogP contribution in [-0.4, -0.2) is 37.0 Å². The molecule has 5 rings (SSSR count). The second-order valence-electron chi connectivity index (χ2n) is 8.90. The average molecular weight is 438 g/mol. The molecule has 0 bridgehead atoms. The first-order valence-corrected chi connectivity index (χ1v) is 11.3. The first-order valence-electron chi connectivity index (χ1n) is 11.3. The minimum absolute atomic E-state index is 0.214. The van der Waals surface area contributed by atoms with E-state index in [1.165, 1.54) is 7.11 Å². The van der Waals surface area contributed by atoms with Gasteiger partial charge in [-0.3, -0.25) is 4.99 Å². The third-order valence-corrected chi connectivity index (χ3v) is 6.41. The summed E-state index contributed by atoms with van der Waals surface area (Å²) in [5.74, 6) is -0.344. The van der Waals surface area contributed by atoms with Crippen LogP contribution in [-0.2, 0) is 9.47 Å². The molecule has 0 saturated heterocycles. The van der Waals surface area contributed by atoms with Gasteiger partial charge in [-0.2, -0.15) is 0 Å². The largest absolute Gasteiger partial charge is 0.465 e. The Kier molecular flexibility index (Phi) is 5.26. The summed E-state index contributed by atoms with van der Waals surface area (Å²) in [5, 5.41) is 0. The van der Waals surface area contributed by atoms with Crippen molar-refractivity contribution in [1.82, 2.24) is 0 Å². The predicted molar refractivity (Wildman–Crippen MR) is 132 cm³/mol. The summed E-state index contributed by atoms with van der Waals surface area (Å²) in [6, 6.07) is 24.5. The number of hydrogen-bond acceptors (Lipinski definition) is 4. The molecule has 3 aromatic rings. The van der Waals surface area contributed by atoms with Crippen molar-refractivity contribution in [3.8, 4) is 11.1 Å². The van der Waals surface area contributed by atoms with E-state index < -0.39 is 5.54 Å². The molecule has 0 aromatic heterocycles. The minimum Gasteiger partial charge on any atom is -0.465 e. The highest BCUT2D eigenvalue weighted by Crippen LogP contribution is 2.50. The van der Waals surface area contributed by atoms with Crippen molar-refractivity contribution in [3.05, 3.63) is 101 Å². The second-order valence-corrected chi connectivity index (χ2v) is 8.90. The molecule has 0 amide bonds. The number of rotatable bonds is 4. The van der Waals surface area contributed by atoms with E-state index in [-0.39, 0.29) is 12.1 Å². The summed E-state index contributed by atoms with van der Waals surface area (Å²) in [5.41, 5.74) is 8.67. The maximum atomic E-state index is 12.4. The molecule has 1 unspecified atom stereocenters. The van der Waals surface area contributed by atoms with Gasteiger partial charge in [0.15, 0.2) is 0 Å². The number of nitrogens with zero attached hydrogens (tertiary/aromatic N) is 1. The van der Waals surface area contributed by atoms with Gasteiger partial charge in [-0.1, -0.05) is 60.7 Å². The zero-order valence-corrected chi connectivity index (χ0v) is 19.4. The van der Waals surface area contributed by atoms with Gasteiger partial charge in [0.05, 0.1) is 23.9 Å². The Bertz CT molecular complexity index is 1300. The highest BCUT2D eigenvalue weighted by Gasteiger charge is 2.44. The van der Waals surface area contributed by atoms with E-state index in [1.54, 1.807) is 0 Å². The van der Waals surface area contributed by atoms with E-state index in [0.717, 1.165) is 44.7 Å². The van der Waals surface area contributed by atoms with Gasteiger partial charge < -0.3 is 9.47 Å². The Balaban J connectivity index is 1.86. The fraction of sp³-hybridized carbons (Fsp3) is 0.241. The number of carbonyl (C=O) groups is 1. The fourth-order valence-corrected chi connectivity index (χ4v) is 5.01. The lowest BCUT2D eigenvalue weighted by atomic mass is 9.85. The number of carbonyl (C=O) groups excluding carboxylic acids is 1. The maximum absolute atomic E-state index is 12.4. The minimum atomic E-state index is -0.429. The zero-order valence-electron chi connectivity index (χ0n) is 19.4. The molecule has 4 nitrogen and oxygen atoms in total. The second kappa shape index (κ2) is 8.13. The van der Waals surface area contributed by atoms with Gasteiger partial charge in [0.2, 0.25) is 0 Å². The summed E-state index contributed by atoms with van der Waals surface area (Å²) in [6.45, 7) is 6.84. The van der Waals surface area contributed by atoms with Crippen molar-refractivity contribution >= 4 is 17.3 Å². The lowest BCUT2D eigenvalue weighted by molar-refractivity contribution is 0.0542. The molecule has 2 aliphatic rings. The molecule has 0 N–H and O–H groups in total. The number of hydrogen-bond donors (Lipinski definition) is 0. The molecule has 1 atom stereocenters. The number of fused-ring (bicyclic) bond motifs is 3. The lowest BCUT2D eigenvalue weighted by Crippen LogP contribution is -2.34. The van der Waals surface area contributed by atoms with E-state index in [1.807, 2.05) is 43.3 Å². The standard InChI is InChI=1S/C29H27NO3/c1-5-33-27-25(26(30-29(27,2)3)18-11-7-6-8-12-18)24-22-14-10-9-13-20(22)21-16-15-19(17-23(21)24)28(31)32-4/h6-17,27H,5H2,1-4H3/b25-24+. The van der Waals surface area contributed by atoms with Crippen molar-refractivity contribution in [2.75, 3.05) is 13.7 Å². The summed E-state index contributed by atoms with van der Waals surface area (Å²) < 4.78 is 11.4. The van der Waals surface area contributed by atoms with Gasteiger partial charge in [-0.15, -0.1) is 0 Å². The van der Waals surface area contributed by atoms with Crippen molar-refractivity contribution in [2.24, 2.45) is 4.99 Å². The Morgan fingerprint density at radius 3 is 2.27 bits per heavy atom. The van der Waals surface area contributed by atoms with Crippen molar-refractivity contribution in [1.29, 1.82) is 0 Å². The van der Waals surface area contributed by atoms with Crippen LogP contribution in [0.1, 0.15) is 47.8 Å². The predicted octanol–water partition coefficient (Wildman–Crippen LogP) is 5.94. The van der Waals surface area contributed by atoms with Gasteiger partial charge in [-0.25, -0.2) is 4.79 Å². The van der Waals surface area contributed by atoms with Crippen LogP contribution in [0.15, 0.2) is 83.4 Å². The van der Waals surface area contributed by atoms with Crippen LogP contribution in [0.5, 0.6) is 0 Å². The van der Waals surface area contributed by atoms with E-state index in [4.69, 9.17) is 14.5 Å². The SMILES string of the molecule is CCOC1/C(=C2\c3ccccc3-c3ccc(C(=O)OC)cc32)C(c2ccccc2)=NC1(C)C. The number of benzene rings is 3. The topological polar surface area (TPSA) is 47.9 Å². The molecule has 1 aliphatic carbocycles. The third kappa shape index (κ3) is 3.42. The van der Waals surface area contributed by atoms with Crippen LogP contribution >= 0.6 is 0 Å². The van der Waals surface area contributed by atoms with Crippen LogP contribution in [0, 0.1) is 0 Å². The number of ether oxygens (including phenoxy) is 2. The van der Waals surface area contributed by atoms with Crippen molar-refractivity contribution < 1.29 is 14.3 Å². The summed E-state index contributed by atoms with van der Waals surface area (Å²) in [4.78, 5) is 17.6. The molecule has 4 heteroatoms. The van der Waals surface area contributed by atoms with Crippen LogP contribution in [0.4, 0.5) is 0 Å². The van der Waals surface area contributed by atoms with Gasteiger partial charge >= 0.3 is 5.97 Å². The van der Waals surface area contributed by atoms with Gasteiger partial charge in [0, 0.05) is 17.7 Å². The highest BCUT2D eigenvalue weighted by molar-refractivity contribution is 6.23. The average Bonchev–Trinajstić information content (AvgIpc) is 3.29. The summed E-state index contributed by atoms with van der Waals surface area (Å²) in [7, 11) is 1.41. The fourth-order valence-electron chi connectivity index (χ4n) is 5.01. The first kappa shape index (κ1) is 21.4. The van der Waals surface area contributed by atoms with Crippen molar-refractivity contribution in [3.63, 3.8) is 0 Å². The van der Waals surface area contributed by atoms with E-state index >= 15 is 0 Å². The van der Waals surface area contributed by atoms with Crippen molar-refractivity contribution in [2.45, 2.75) is 32.4 Å². The van der Waals surface area contributed by atoms with E-state index in [2.05, 4.69) is 50.2 Å². The van der Waals surface area contributed by atoms with Crippen LogP contribution in [0.3, 0.4) is 0 Å². The number of aliphatic imine (C=N–C) groups is 1. The maximum Gasteiger partial charge on any atom is 0.337 e. The van der Waals surface area contributed by atoms with E-state index in [0.29, 0.717) is 12.2 Å². The third-order valence-electron chi connectivity index (χ3n) is 6.41. The van der Waals surface area contributed by atoms with Gasteiger partial charge in [0.1, 0.15) is 6.10 Å². The molecule has 166 valence electrons. The molecule has 0 fully saturated rings. The lowest BCUT2D eigenvalue weighted by Gasteiger charge is -2.27. The molecule has 1 heterocycles. The summed E-state index contributed by atoms with van der Waals surface area (Å²) >= 11 is 0. The molecule has 0 spiro atoms. The normalized spacial score (nSPS) is 20.2. The molecule has 0 radical (unpaired) electrons. The Morgan fingerprint density at radius 1 is 0.909 bits per heavy atom. The molecule has 3 aromatic carbocycles. The monoisotopic (exact) mass is 437 g/mol. The van der Waals surface area contributed by atoms with Crippen LogP contribution < -0.4 is 0 Å². The molecule has 0 saturated carbocycles. The zero-order chi connectivity index (χ0) is 23.2. The highest BCUT2D eigenvalue weighted by atomic mass is 16.5. The van der Waals surface area contributed by atoms with Crippen LogP contribution in [0.25, 0.3) is 16.7 Å². The quantitative estimate of drug-likeness (QED) is 0.371. The first-order chi connectivity index (χ1) is 16.0.